The molecule has 0 saturated heterocycles. The van der Waals surface area contributed by atoms with E-state index < -0.39 is 0 Å². The lowest BCUT2D eigenvalue weighted by atomic mass is 9.49. The van der Waals surface area contributed by atoms with Gasteiger partial charge in [0.2, 0.25) is 0 Å². The maximum atomic E-state index is 2.59. The molecular formula is C59H49NS2. The SMILES string of the molecule is CC1CC2CC(C)C3(c4ccccc4-c4cccc(-c5ccc6c(c5)Sc5ccc(N(c7ccc(-c8ccccc8)cc7)c7ccc(-c8ccccc8)cc7)cc5S6)c43)C(C1)C2. The molecule has 302 valence electrons. The number of benzene rings is 8. The van der Waals surface area contributed by atoms with Crippen molar-refractivity contribution in [1.29, 1.82) is 0 Å². The summed E-state index contributed by atoms with van der Waals surface area (Å²) < 4.78 is 0. The average Bonchev–Trinajstić information content (AvgIpc) is 3.62. The van der Waals surface area contributed by atoms with Crippen LogP contribution < -0.4 is 4.90 Å². The summed E-state index contributed by atoms with van der Waals surface area (Å²) in [5, 5.41) is 0. The zero-order chi connectivity index (χ0) is 41.4. The molecule has 0 radical (unpaired) electrons. The van der Waals surface area contributed by atoms with Gasteiger partial charge in [-0.1, -0.05) is 171 Å². The lowest BCUT2D eigenvalue weighted by Gasteiger charge is -2.55. The van der Waals surface area contributed by atoms with E-state index in [-0.39, 0.29) is 5.41 Å². The molecule has 8 aromatic rings. The highest BCUT2D eigenvalue weighted by Crippen LogP contribution is 2.66. The Kier molecular flexibility index (Phi) is 9.35. The molecule has 12 rings (SSSR count). The topological polar surface area (TPSA) is 3.24 Å². The summed E-state index contributed by atoms with van der Waals surface area (Å²) in [6.07, 6.45) is 5.42. The highest BCUT2D eigenvalue weighted by Gasteiger charge is 2.57. The van der Waals surface area contributed by atoms with Crippen LogP contribution in [0.25, 0.3) is 44.5 Å². The molecule has 62 heavy (non-hydrogen) atoms. The number of fused-ring (bicyclic) bond motifs is 10. The lowest BCUT2D eigenvalue weighted by molar-refractivity contribution is 0.0429. The molecule has 2 saturated carbocycles. The number of nitrogens with zero attached hydrogens (tertiary/aromatic N) is 1. The zero-order valence-electron chi connectivity index (χ0n) is 35.3. The first-order chi connectivity index (χ1) is 30.5. The van der Waals surface area contributed by atoms with Crippen molar-refractivity contribution in [3.05, 3.63) is 199 Å². The summed E-state index contributed by atoms with van der Waals surface area (Å²) >= 11 is 3.84. The Labute approximate surface area is 375 Å². The minimum atomic E-state index is 0.0596. The van der Waals surface area contributed by atoms with Gasteiger partial charge in [0, 0.05) is 42.1 Å². The van der Waals surface area contributed by atoms with E-state index in [4.69, 9.17) is 0 Å². The number of hydrogen-bond donors (Lipinski definition) is 0. The molecule has 1 nitrogen and oxygen atoms in total. The molecule has 0 aromatic heterocycles. The Balaban J connectivity index is 0.903. The standard InChI is InChI=1S/C59H49NS2/c1-38-32-40-34-39(2)59(46(33-38)35-40)53-19-10-9-16-51(53)52-18-11-17-50(58(52)59)45-24-30-54-56(36-45)61-55-31-29-49(37-57(55)62-54)60(47-25-20-43(21-26-47)41-12-5-3-6-13-41)48-27-22-44(23-28-48)42-14-7-4-8-15-42/h3-31,36-40,46H,32-35H2,1-2H3. The van der Waals surface area contributed by atoms with Crippen molar-refractivity contribution in [1.82, 2.24) is 0 Å². The Hall–Kier alpha value is -5.74. The van der Waals surface area contributed by atoms with Crippen molar-refractivity contribution in [3.8, 4) is 44.5 Å². The third-order valence-corrected chi connectivity index (χ3v) is 17.2. The van der Waals surface area contributed by atoms with Gasteiger partial charge in [-0.2, -0.15) is 0 Å². The first-order valence-electron chi connectivity index (χ1n) is 22.5. The maximum absolute atomic E-state index is 2.59. The van der Waals surface area contributed by atoms with E-state index in [1.54, 1.807) is 11.1 Å². The smallest absolute Gasteiger partial charge is 0.0473 e. The van der Waals surface area contributed by atoms with E-state index in [0.29, 0.717) is 11.8 Å². The molecule has 5 unspecified atom stereocenters. The third kappa shape index (κ3) is 6.22. The van der Waals surface area contributed by atoms with Gasteiger partial charge in [0.25, 0.3) is 0 Å². The average molecular weight is 836 g/mol. The van der Waals surface area contributed by atoms with Crippen LogP contribution in [-0.4, -0.2) is 0 Å². The summed E-state index contributed by atoms with van der Waals surface area (Å²) in [5.74, 6) is 2.93. The van der Waals surface area contributed by atoms with E-state index in [2.05, 4.69) is 207 Å². The van der Waals surface area contributed by atoms with E-state index in [0.717, 1.165) is 28.9 Å². The molecule has 0 N–H and O–H groups in total. The molecule has 8 aromatic carbocycles. The second kappa shape index (κ2) is 15.3. The van der Waals surface area contributed by atoms with Crippen LogP contribution in [-0.2, 0) is 5.41 Å². The molecule has 1 heterocycles. The highest BCUT2D eigenvalue weighted by molar-refractivity contribution is 8.05. The van der Waals surface area contributed by atoms with Crippen LogP contribution in [0.2, 0.25) is 0 Å². The monoisotopic (exact) mass is 835 g/mol. The molecule has 5 atom stereocenters. The van der Waals surface area contributed by atoms with E-state index in [1.807, 2.05) is 23.5 Å². The molecular weight excluding hydrogens is 787 g/mol. The summed E-state index contributed by atoms with van der Waals surface area (Å²) in [5.41, 5.74) is 17.3. The fourth-order valence-electron chi connectivity index (χ4n) is 12.2. The van der Waals surface area contributed by atoms with Crippen molar-refractivity contribution in [2.75, 3.05) is 4.90 Å². The van der Waals surface area contributed by atoms with Crippen LogP contribution in [0.4, 0.5) is 17.1 Å². The van der Waals surface area contributed by atoms with Crippen LogP contribution in [0.15, 0.2) is 208 Å². The number of hydrogen-bond acceptors (Lipinski definition) is 3. The van der Waals surface area contributed by atoms with Crippen molar-refractivity contribution >= 4 is 40.6 Å². The van der Waals surface area contributed by atoms with Crippen molar-refractivity contribution in [2.24, 2.45) is 23.7 Å². The van der Waals surface area contributed by atoms with E-state index >= 15 is 0 Å². The Morgan fingerprint density at radius 3 is 1.63 bits per heavy atom. The van der Waals surface area contributed by atoms with Gasteiger partial charge in [0.1, 0.15) is 0 Å². The molecule has 1 aliphatic heterocycles. The van der Waals surface area contributed by atoms with Crippen LogP contribution in [0.1, 0.15) is 50.7 Å². The Bertz CT molecular complexity index is 2870. The fraction of sp³-hybridized carbons (Fsp3) is 0.186. The van der Waals surface area contributed by atoms with E-state index in [1.165, 1.54) is 89.8 Å². The van der Waals surface area contributed by atoms with Crippen molar-refractivity contribution in [3.63, 3.8) is 0 Å². The largest absolute Gasteiger partial charge is 0.310 e. The first kappa shape index (κ1) is 38.0. The van der Waals surface area contributed by atoms with Crippen LogP contribution in [0.3, 0.4) is 0 Å². The third-order valence-electron chi connectivity index (χ3n) is 14.6. The predicted molar refractivity (Wildman–Crippen MR) is 262 cm³/mol. The fourth-order valence-corrected chi connectivity index (χ4v) is 14.5. The number of rotatable bonds is 6. The minimum Gasteiger partial charge on any atom is -0.310 e. The highest BCUT2D eigenvalue weighted by atomic mass is 32.2. The van der Waals surface area contributed by atoms with Gasteiger partial charge in [-0.3, -0.25) is 0 Å². The summed E-state index contributed by atoms with van der Waals surface area (Å²) in [6, 6.07) is 70.3. The Morgan fingerprint density at radius 2 is 0.952 bits per heavy atom. The molecule has 3 heteroatoms. The quantitative estimate of drug-likeness (QED) is 0.164. The van der Waals surface area contributed by atoms with Crippen LogP contribution >= 0.6 is 23.5 Å². The maximum Gasteiger partial charge on any atom is 0.0473 e. The van der Waals surface area contributed by atoms with Gasteiger partial charge in [-0.25, -0.2) is 0 Å². The predicted octanol–water partition coefficient (Wildman–Crippen LogP) is 17.1. The van der Waals surface area contributed by atoms with Crippen LogP contribution in [0, 0.1) is 23.7 Å². The molecule has 2 fully saturated rings. The summed E-state index contributed by atoms with van der Waals surface area (Å²) in [4.78, 5) is 7.69. The molecule has 1 spiro atoms. The second-order valence-electron chi connectivity index (χ2n) is 18.3. The number of anilines is 3. The van der Waals surface area contributed by atoms with E-state index in [9.17, 15) is 0 Å². The lowest BCUT2D eigenvalue weighted by Crippen LogP contribution is -2.49. The summed E-state index contributed by atoms with van der Waals surface area (Å²) in [7, 11) is 0. The minimum absolute atomic E-state index is 0.0596. The summed E-state index contributed by atoms with van der Waals surface area (Å²) in [6.45, 7) is 5.10. The molecule has 4 aliphatic rings. The van der Waals surface area contributed by atoms with Crippen LogP contribution in [0.5, 0.6) is 0 Å². The Morgan fingerprint density at radius 1 is 0.419 bits per heavy atom. The molecule has 0 amide bonds. The second-order valence-corrected chi connectivity index (χ2v) is 20.5. The molecule has 3 aliphatic carbocycles. The van der Waals surface area contributed by atoms with Gasteiger partial charge in [0.05, 0.1) is 0 Å². The van der Waals surface area contributed by atoms with Gasteiger partial charge in [-0.05, 0) is 160 Å². The normalized spacial score (nSPS) is 21.7. The van der Waals surface area contributed by atoms with Gasteiger partial charge < -0.3 is 4.90 Å². The zero-order valence-corrected chi connectivity index (χ0v) is 36.9. The first-order valence-corrected chi connectivity index (χ1v) is 24.1. The van der Waals surface area contributed by atoms with Gasteiger partial charge >= 0.3 is 0 Å². The van der Waals surface area contributed by atoms with Crippen molar-refractivity contribution in [2.45, 2.75) is 64.5 Å². The van der Waals surface area contributed by atoms with Gasteiger partial charge in [-0.15, -0.1) is 0 Å². The van der Waals surface area contributed by atoms with Crippen molar-refractivity contribution < 1.29 is 0 Å². The molecule has 2 bridgehead atoms. The van der Waals surface area contributed by atoms with Gasteiger partial charge in [0.15, 0.2) is 0 Å².